The fraction of sp³-hybridized carbons (Fsp3) is 0.407. The molecule has 0 saturated carbocycles. The summed E-state index contributed by atoms with van der Waals surface area (Å²) in [5.41, 5.74) is 4.94. The van der Waals surface area contributed by atoms with E-state index >= 15 is 0 Å². The number of rotatable bonds is 5. The zero-order valence-corrected chi connectivity index (χ0v) is 20.1. The first-order chi connectivity index (χ1) is 15.8. The molecule has 1 saturated heterocycles. The number of amides is 2. The molecule has 0 atom stereocenters. The molecule has 1 aliphatic rings. The number of aryl methyl sites for hydroxylation is 1. The van der Waals surface area contributed by atoms with Crippen molar-refractivity contribution in [3.63, 3.8) is 0 Å². The Morgan fingerprint density at radius 1 is 1.06 bits per heavy atom. The largest absolute Gasteiger partial charge is 0.324 e. The van der Waals surface area contributed by atoms with E-state index in [-0.39, 0.29) is 11.4 Å². The molecule has 6 heteroatoms. The third kappa shape index (κ3) is 6.02. The first-order valence-electron chi connectivity index (χ1n) is 11.8. The first-order valence-corrected chi connectivity index (χ1v) is 11.8. The Hall–Kier alpha value is -3.12. The van der Waals surface area contributed by atoms with Crippen LogP contribution in [-0.4, -0.2) is 28.9 Å². The molecule has 1 fully saturated rings. The summed E-state index contributed by atoms with van der Waals surface area (Å²) in [7, 11) is 0. The van der Waals surface area contributed by atoms with Crippen molar-refractivity contribution in [1.29, 1.82) is 0 Å². The Bertz CT molecular complexity index is 1090. The van der Waals surface area contributed by atoms with Crippen LogP contribution < -0.4 is 16.0 Å². The first kappa shape index (κ1) is 23.1. The molecule has 3 N–H and O–H groups in total. The molecule has 0 radical (unpaired) electrons. The molecule has 4 rings (SSSR count). The predicted molar refractivity (Wildman–Crippen MR) is 135 cm³/mol. The molecule has 2 heterocycles. The lowest BCUT2D eigenvalue weighted by Crippen LogP contribution is -2.28. The molecule has 1 aliphatic heterocycles. The van der Waals surface area contributed by atoms with Crippen LogP contribution in [0.2, 0.25) is 0 Å². The molecule has 0 aliphatic carbocycles. The van der Waals surface area contributed by atoms with Gasteiger partial charge in [-0.05, 0) is 75.0 Å². The molecular weight excluding hydrogens is 410 g/mol. The van der Waals surface area contributed by atoms with Crippen LogP contribution in [0.3, 0.4) is 0 Å². The van der Waals surface area contributed by atoms with Crippen LogP contribution in [-0.2, 0) is 11.8 Å². The molecule has 1 aromatic heterocycles. The topological polar surface area (TPSA) is 71.0 Å². The molecule has 2 aromatic carbocycles. The van der Waals surface area contributed by atoms with Crippen LogP contribution in [0.4, 0.5) is 16.3 Å². The molecule has 2 amide bonds. The lowest BCUT2D eigenvalue weighted by atomic mass is 9.91. The summed E-state index contributed by atoms with van der Waals surface area (Å²) in [5.74, 6) is 1.35. The van der Waals surface area contributed by atoms with Crippen LogP contribution >= 0.6 is 0 Å². The summed E-state index contributed by atoms with van der Waals surface area (Å²) in [5, 5.41) is 14.2. The predicted octanol–water partition coefficient (Wildman–Crippen LogP) is 5.66. The third-order valence-corrected chi connectivity index (χ3v) is 6.17. The van der Waals surface area contributed by atoms with Crippen LogP contribution in [0.1, 0.15) is 50.4 Å². The fourth-order valence-electron chi connectivity index (χ4n) is 4.19. The minimum Gasteiger partial charge on any atom is -0.317 e. The highest BCUT2D eigenvalue weighted by atomic mass is 16.2. The normalized spacial score (nSPS) is 14.8. The van der Waals surface area contributed by atoms with E-state index in [0.717, 1.165) is 36.6 Å². The summed E-state index contributed by atoms with van der Waals surface area (Å²) >= 11 is 0. The van der Waals surface area contributed by atoms with Gasteiger partial charge in [-0.2, -0.15) is 5.10 Å². The standard InChI is InChI=1S/C27H35N5O/c1-19-8-10-23(11-9-19)32-25(18-24(31-32)27(2,3)4)30-26(33)29-22-7-5-6-21(17-22)16-20-12-14-28-15-13-20/h5-11,17-18,20,28H,12-16H2,1-4H3,(H2,29,30,33). The molecule has 3 aromatic rings. The number of nitrogens with zero attached hydrogens (tertiary/aromatic N) is 2. The number of aromatic nitrogens is 2. The second-order valence-electron chi connectivity index (χ2n) is 10.1. The van der Waals surface area contributed by atoms with Gasteiger partial charge in [0.05, 0.1) is 11.4 Å². The highest BCUT2D eigenvalue weighted by Crippen LogP contribution is 2.27. The van der Waals surface area contributed by atoms with Gasteiger partial charge in [0.25, 0.3) is 0 Å². The van der Waals surface area contributed by atoms with Crippen molar-refractivity contribution >= 4 is 17.5 Å². The van der Waals surface area contributed by atoms with Gasteiger partial charge in [-0.3, -0.25) is 5.32 Å². The van der Waals surface area contributed by atoms with E-state index in [1.165, 1.54) is 24.0 Å². The average molecular weight is 446 g/mol. The average Bonchev–Trinajstić information content (AvgIpc) is 3.19. The highest BCUT2D eigenvalue weighted by Gasteiger charge is 2.21. The van der Waals surface area contributed by atoms with Gasteiger partial charge >= 0.3 is 6.03 Å². The second-order valence-corrected chi connectivity index (χ2v) is 10.1. The Morgan fingerprint density at radius 2 is 1.79 bits per heavy atom. The number of hydrogen-bond donors (Lipinski definition) is 3. The molecule has 0 unspecified atom stereocenters. The summed E-state index contributed by atoms with van der Waals surface area (Å²) in [6.45, 7) is 10.6. The number of carbonyl (C=O) groups is 1. The summed E-state index contributed by atoms with van der Waals surface area (Å²) in [6.07, 6.45) is 3.46. The Morgan fingerprint density at radius 3 is 2.48 bits per heavy atom. The maximum atomic E-state index is 12.9. The zero-order chi connectivity index (χ0) is 23.4. The second kappa shape index (κ2) is 9.79. The number of carbonyl (C=O) groups excluding carboxylic acids is 1. The molecule has 0 spiro atoms. The number of anilines is 2. The van der Waals surface area contributed by atoms with E-state index in [9.17, 15) is 4.79 Å². The van der Waals surface area contributed by atoms with E-state index in [1.807, 2.05) is 42.5 Å². The van der Waals surface area contributed by atoms with Crippen molar-refractivity contribution in [2.75, 3.05) is 23.7 Å². The SMILES string of the molecule is Cc1ccc(-n2nc(C(C)(C)C)cc2NC(=O)Nc2cccc(CC3CCNCC3)c2)cc1. The lowest BCUT2D eigenvalue weighted by molar-refractivity contribution is 0.262. The van der Waals surface area contributed by atoms with E-state index in [4.69, 9.17) is 5.10 Å². The van der Waals surface area contributed by atoms with Gasteiger partial charge in [0.1, 0.15) is 5.82 Å². The van der Waals surface area contributed by atoms with E-state index in [0.29, 0.717) is 11.7 Å². The van der Waals surface area contributed by atoms with Crippen LogP contribution in [0.25, 0.3) is 5.69 Å². The summed E-state index contributed by atoms with van der Waals surface area (Å²) in [4.78, 5) is 12.9. The number of nitrogens with one attached hydrogen (secondary N) is 3. The van der Waals surface area contributed by atoms with Gasteiger partial charge in [0.15, 0.2) is 0 Å². The van der Waals surface area contributed by atoms with E-state index in [2.05, 4.69) is 55.8 Å². The van der Waals surface area contributed by atoms with Gasteiger partial charge in [-0.15, -0.1) is 0 Å². The van der Waals surface area contributed by atoms with Gasteiger partial charge in [-0.25, -0.2) is 9.48 Å². The monoisotopic (exact) mass is 445 g/mol. The van der Waals surface area contributed by atoms with Crippen molar-refractivity contribution < 1.29 is 4.79 Å². The Labute approximate surface area is 196 Å². The van der Waals surface area contributed by atoms with E-state index < -0.39 is 0 Å². The zero-order valence-electron chi connectivity index (χ0n) is 20.1. The van der Waals surface area contributed by atoms with Crippen LogP contribution in [0, 0.1) is 12.8 Å². The number of benzene rings is 2. The summed E-state index contributed by atoms with van der Waals surface area (Å²) in [6, 6.07) is 18.0. The molecular formula is C27H35N5O. The minimum absolute atomic E-state index is 0.133. The van der Waals surface area contributed by atoms with Crippen molar-refractivity contribution in [3.05, 3.63) is 71.4 Å². The van der Waals surface area contributed by atoms with Gasteiger partial charge < -0.3 is 10.6 Å². The molecule has 174 valence electrons. The number of piperidine rings is 1. The quantitative estimate of drug-likeness (QED) is 0.474. The lowest BCUT2D eigenvalue weighted by Gasteiger charge is -2.22. The van der Waals surface area contributed by atoms with E-state index in [1.54, 1.807) is 4.68 Å². The van der Waals surface area contributed by atoms with Crippen molar-refractivity contribution in [1.82, 2.24) is 15.1 Å². The number of urea groups is 1. The number of hydrogen-bond acceptors (Lipinski definition) is 3. The van der Waals surface area contributed by atoms with Crippen molar-refractivity contribution in [2.24, 2.45) is 5.92 Å². The Balaban J connectivity index is 1.49. The maximum absolute atomic E-state index is 12.9. The summed E-state index contributed by atoms with van der Waals surface area (Å²) < 4.78 is 1.80. The van der Waals surface area contributed by atoms with Gasteiger partial charge in [0.2, 0.25) is 0 Å². The smallest absolute Gasteiger partial charge is 0.317 e. The van der Waals surface area contributed by atoms with Crippen LogP contribution in [0.5, 0.6) is 0 Å². The molecule has 6 nitrogen and oxygen atoms in total. The van der Waals surface area contributed by atoms with Gasteiger partial charge in [0, 0.05) is 17.2 Å². The third-order valence-electron chi connectivity index (χ3n) is 6.17. The molecule has 0 bridgehead atoms. The van der Waals surface area contributed by atoms with Gasteiger partial charge in [-0.1, -0.05) is 50.6 Å². The van der Waals surface area contributed by atoms with Crippen LogP contribution in [0.15, 0.2) is 54.6 Å². The Kier molecular flexibility index (Phi) is 6.84. The van der Waals surface area contributed by atoms with Crippen molar-refractivity contribution in [3.8, 4) is 5.69 Å². The fourth-order valence-corrected chi connectivity index (χ4v) is 4.19. The highest BCUT2D eigenvalue weighted by molar-refractivity contribution is 5.99. The molecule has 33 heavy (non-hydrogen) atoms. The minimum atomic E-state index is -0.275. The maximum Gasteiger partial charge on any atom is 0.324 e. The van der Waals surface area contributed by atoms with Crippen molar-refractivity contribution in [2.45, 2.75) is 52.4 Å².